The van der Waals surface area contributed by atoms with Crippen LogP contribution in [0.1, 0.15) is 30.0 Å². The number of anilines is 1. The van der Waals surface area contributed by atoms with Gasteiger partial charge in [0.2, 0.25) is 0 Å². The van der Waals surface area contributed by atoms with Crippen LogP contribution in [0.3, 0.4) is 0 Å². The van der Waals surface area contributed by atoms with Crippen molar-refractivity contribution in [1.82, 2.24) is 4.90 Å². The monoisotopic (exact) mass is 311 g/mol. The molecule has 1 unspecified atom stereocenters. The zero-order valence-electron chi connectivity index (χ0n) is 13.4. The maximum Gasteiger partial charge on any atom is 0.120 e. The molecule has 0 bridgehead atoms. The second-order valence-corrected chi connectivity index (χ2v) is 6.22. The Morgan fingerprint density at radius 1 is 1.04 bits per heavy atom. The van der Waals surface area contributed by atoms with Crippen LogP contribution >= 0.6 is 0 Å². The zero-order chi connectivity index (χ0) is 16.1. The van der Waals surface area contributed by atoms with E-state index in [1.54, 1.807) is 0 Å². The zero-order valence-corrected chi connectivity index (χ0v) is 13.4. The molecule has 0 spiro atoms. The van der Waals surface area contributed by atoms with Gasteiger partial charge in [0, 0.05) is 18.3 Å². The smallest absolute Gasteiger partial charge is 0.120 e. The number of hydrogen-bond acceptors (Lipinski definition) is 4. The van der Waals surface area contributed by atoms with Crippen molar-refractivity contribution >= 4 is 5.69 Å². The average Bonchev–Trinajstić information content (AvgIpc) is 3.06. The summed E-state index contributed by atoms with van der Waals surface area (Å²) in [4.78, 5) is 2.44. The van der Waals surface area contributed by atoms with Crippen LogP contribution in [0.25, 0.3) is 0 Å². The summed E-state index contributed by atoms with van der Waals surface area (Å²) in [5.74, 6) is 0.849. The van der Waals surface area contributed by atoms with Gasteiger partial charge in [-0.3, -0.25) is 0 Å². The predicted molar refractivity (Wildman–Crippen MR) is 94.2 cm³/mol. The van der Waals surface area contributed by atoms with Crippen molar-refractivity contribution in [2.24, 2.45) is 5.73 Å². The second-order valence-electron chi connectivity index (χ2n) is 6.22. The number of hydrogen-bond donors (Lipinski definition) is 2. The van der Waals surface area contributed by atoms with Gasteiger partial charge < -0.3 is 21.1 Å². The van der Waals surface area contributed by atoms with E-state index in [1.165, 1.54) is 25.9 Å². The van der Waals surface area contributed by atoms with Crippen LogP contribution in [0.2, 0.25) is 0 Å². The molecule has 1 atom stereocenters. The van der Waals surface area contributed by atoms with E-state index in [0.717, 1.165) is 29.1 Å². The standard InChI is InChI=1S/C19H25N3O/c20-17-7-3-5-15(11-17)14-23-18-8-4-6-16(12-18)19(21)13-22-9-1-2-10-22/h3-8,11-12,19H,1-2,9-10,13-14,20-21H2. The van der Waals surface area contributed by atoms with Crippen molar-refractivity contribution in [3.8, 4) is 5.75 Å². The van der Waals surface area contributed by atoms with Gasteiger partial charge in [0.1, 0.15) is 12.4 Å². The van der Waals surface area contributed by atoms with Gasteiger partial charge >= 0.3 is 0 Å². The molecule has 0 amide bonds. The highest BCUT2D eigenvalue weighted by atomic mass is 16.5. The number of nitrogens with zero attached hydrogens (tertiary/aromatic N) is 1. The SMILES string of the molecule is Nc1cccc(COc2cccc(C(N)CN3CCCC3)c2)c1. The summed E-state index contributed by atoms with van der Waals surface area (Å²) in [6, 6.07) is 15.9. The Morgan fingerprint density at radius 2 is 1.83 bits per heavy atom. The van der Waals surface area contributed by atoms with Gasteiger partial charge in [0.05, 0.1) is 0 Å². The Kier molecular flexibility index (Phi) is 5.16. The first kappa shape index (κ1) is 15.8. The summed E-state index contributed by atoms with van der Waals surface area (Å²) in [6.45, 7) is 3.76. The predicted octanol–water partition coefficient (Wildman–Crippen LogP) is 2.94. The second kappa shape index (κ2) is 7.49. The average molecular weight is 311 g/mol. The van der Waals surface area contributed by atoms with E-state index in [2.05, 4.69) is 11.0 Å². The lowest BCUT2D eigenvalue weighted by Gasteiger charge is -2.20. The van der Waals surface area contributed by atoms with Gasteiger partial charge in [-0.1, -0.05) is 24.3 Å². The molecule has 4 nitrogen and oxygen atoms in total. The lowest BCUT2D eigenvalue weighted by atomic mass is 10.1. The quantitative estimate of drug-likeness (QED) is 0.805. The highest BCUT2D eigenvalue weighted by Gasteiger charge is 2.16. The van der Waals surface area contributed by atoms with Crippen molar-refractivity contribution in [1.29, 1.82) is 0 Å². The van der Waals surface area contributed by atoms with Crippen LogP contribution in [0.5, 0.6) is 5.75 Å². The van der Waals surface area contributed by atoms with Crippen LogP contribution in [-0.4, -0.2) is 24.5 Å². The highest BCUT2D eigenvalue weighted by Crippen LogP contribution is 2.21. The Labute approximate surface area is 138 Å². The van der Waals surface area contributed by atoms with E-state index >= 15 is 0 Å². The number of rotatable bonds is 6. The van der Waals surface area contributed by atoms with Crippen LogP contribution in [-0.2, 0) is 6.61 Å². The van der Waals surface area contributed by atoms with Gasteiger partial charge in [-0.15, -0.1) is 0 Å². The van der Waals surface area contributed by atoms with Crippen molar-refractivity contribution in [3.63, 3.8) is 0 Å². The van der Waals surface area contributed by atoms with Crippen LogP contribution < -0.4 is 16.2 Å². The van der Waals surface area contributed by atoms with Crippen molar-refractivity contribution < 1.29 is 4.74 Å². The molecule has 1 aliphatic rings. The van der Waals surface area contributed by atoms with Crippen molar-refractivity contribution in [2.75, 3.05) is 25.4 Å². The van der Waals surface area contributed by atoms with Crippen LogP contribution in [0.4, 0.5) is 5.69 Å². The van der Waals surface area contributed by atoms with E-state index in [-0.39, 0.29) is 6.04 Å². The molecule has 0 radical (unpaired) electrons. The van der Waals surface area contributed by atoms with E-state index in [0.29, 0.717) is 6.61 Å². The van der Waals surface area contributed by atoms with E-state index in [9.17, 15) is 0 Å². The fraction of sp³-hybridized carbons (Fsp3) is 0.368. The summed E-state index contributed by atoms with van der Waals surface area (Å²) in [6.07, 6.45) is 2.58. The summed E-state index contributed by atoms with van der Waals surface area (Å²) >= 11 is 0. The van der Waals surface area contributed by atoms with E-state index < -0.39 is 0 Å². The number of likely N-dealkylation sites (tertiary alicyclic amines) is 1. The normalized spacial score (nSPS) is 16.4. The van der Waals surface area contributed by atoms with Crippen LogP contribution in [0.15, 0.2) is 48.5 Å². The molecule has 2 aromatic rings. The molecule has 122 valence electrons. The third-order valence-electron chi connectivity index (χ3n) is 4.30. The molecule has 4 N–H and O–H groups in total. The van der Waals surface area contributed by atoms with E-state index in [1.807, 2.05) is 42.5 Å². The van der Waals surface area contributed by atoms with Gasteiger partial charge in [-0.2, -0.15) is 0 Å². The summed E-state index contributed by atoms with van der Waals surface area (Å²) in [5.41, 5.74) is 15.1. The van der Waals surface area contributed by atoms with Gasteiger partial charge in [0.25, 0.3) is 0 Å². The maximum absolute atomic E-state index is 6.36. The van der Waals surface area contributed by atoms with Gasteiger partial charge in [-0.25, -0.2) is 0 Å². The summed E-state index contributed by atoms with van der Waals surface area (Å²) < 4.78 is 5.88. The lowest BCUT2D eigenvalue weighted by Crippen LogP contribution is -2.29. The Balaban J connectivity index is 1.60. The molecule has 1 saturated heterocycles. The Morgan fingerprint density at radius 3 is 2.61 bits per heavy atom. The molecular weight excluding hydrogens is 286 g/mol. The molecule has 2 aromatic carbocycles. The number of nitrogens with two attached hydrogens (primary N) is 2. The molecule has 0 saturated carbocycles. The maximum atomic E-state index is 6.36. The fourth-order valence-electron chi connectivity index (χ4n) is 3.03. The first-order valence-corrected chi connectivity index (χ1v) is 8.26. The Hall–Kier alpha value is -2.04. The minimum atomic E-state index is 0.0315. The highest BCUT2D eigenvalue weighted by molar-refractivity contribution is 5.40. The van der Waals surface area contributed by atoms with Gasteiger partial charge in [0.15, 0.2) is 0 Å². The first-order chi connectivity index (χ1) is 11.2. The Bertz CT molecular complexity index is 638. The minimum absolute atomic E-state index is 0.0315. The number of nitrogen functional groups attached to an aromatic ring is 1. The third kappa shape index (κ3) is 4.47. The third-order valence-corrected chi connectivity index (χ3v) is 4.30. The number of ether oxygens (including phenoxy) is 1. The molecule has 1 heterocycles. The van der Waals surface area contributed by atoms with Crippen molar-refractivity contribution in [2.45, 2.75) is 25.5 Å². The molecule has 1 fully saturated rings. The molecule has 3 rings (SSSR count). The lowest BCUT2D eigenvalue weighted by molar-refractivity contribution is 0.302. The largest absolute Gasteiger partial charge is 0.489 e. The van der Waals surface area contributed by atoms with E-state index in [4.69, 9.17) is 16.2 Å². The van der Waals surface area contributed by atoms with Gasteiger partial charge in [-0.05, 0) is 61.3 Å². The number of benzene rings is 2. The van der Waals surface area contributed by atoms with Crippen LogP contribution in [0, 0.1) is 0 Å². The summed E-state index contributed by atoms with van der Waals surface area (Å²) in [5, 5.41) is 0. The fourth-order valence-corrected chi connectivity index (χ4v) is 3.03. The molecule has 23 heavy (non-hydrogen) atoms. The molecule has 4 heteroatoms. The topological polar surface area (TPSA) is 64.5 Å². The van der Waals surface area contributed by atoms with Crippen molar-refractivity contribution in [3.05, 3.63) is 59.7 Å². The minimum Gasteiger partial charge on any atom is -0.489 e. The first-order valence-electron chi connectivity index (χ1n) is 8.26. The molecular formula is C19H25N3O. The molecule has 0 aromatic heterocycles. The summed E-state index contributed by atoms with van der Waals surface area (Å²) in [7, 11) is 0. The molecule has 1 aliphatic heterocycles. The molecule has 0 aliphatic carbocycles.